The van der Waals surface area contributed by atoms with Crippen LogP contribution in [-0.4, -0.2) is 42.9 Å². The average molecular weight is 460 g/mol. The van der Waals surface area contributed by atoms with Crippen LogP contribution in [0.3, 0.4) is 0 Å². The highest BCUT2D eigenvalue weighted by molar-refractivity contribution is 7.89. The van der Waals surface area contributed by atoms with Gasteiger partial charge in [0, 0.05) is 25.2 Å². The van der Waals surface area contributed by atoms with Gasteiger partial charge in [-0.1, -0.05) is 23.8 Å². The lowest BCUT2D eigenvalue weighted by Crippen LogP contribution is -2.41. The van der Waals surface area contributed by atoms with Gasteiger partial charge in [-0.15, -0.1) is 0 Å². The van der Waals surface area contributed by atoms with Crippen LogP contribution in [-0.2, 0) is 17.1 Å². The number of nitrogens with zero attached hydrogens (tertiary/aromatic N) is 3. The summed E-state index contributed by atoms with van der Waals surface area (Å²) in [6.45, 7) is 2.47. The summed E-state index contributed by atoms with van der Waals surface area (Å²) in [5, 5.41) is 0. The van der Waals surface area contributed by atoms with Crippen LogP contribution < -0.4 is 9.54 Å². The van der Waals surface area contributed by atoms with E-state index in [9.17, 15) is 13.2 Å². The third-order valence-electron chi connectivity index (χ3n) is 5.65. The largest absolute Gasteiger partial charge is 0.495 e. The summed E-state index contributed by atoms with van der Waals surface area (Å²) in [5.41, 5.74) is 1.22. The number of hydrogen-bond donors (Lipinski definition) is 0. The number of aromatic nitrogens is 1. The van der Waals surface area contributed by atoms with Gasteiger partial charge in [-0.2, -0.15) is 9.30 Å². The first-order valence-electron chi connectivity index (χ1n) is 10.2. The van der Waals surface area contributed by atoms with Crippen LogP contribution in [0.2, 0.25) is 0 Å². The number of benzene rings is 2. The summed E-state index contributed by atoms with van der Waals surface area (Å²) in [6, 6.07) is 11.7. The number of fused-ring (bicyclic) bond motifs is 1. The molecule has 0 saturated carbocycles. The van der Waals surface area contributed by atoms with Crippen molar-refractivity contribution in [1.29, 1.82) is 0 Å². The standard InChI is InChI=1S/C22H25N3O4S2/c1-15-7-4-5-14-25(15)31(27,28)17-12-10-16(11-13-17)21(26)23-22-24(2)20-18(29-3)8-6-9-19(20)30-22/h6,8-13,15H,4-5,7,14H2,1-3H3. The number of aryl methyl sites for hydroxylation is 1. The monoisotopic (exact) mass is 459 g/mol. The molecule has 4 rings (SSSR count). The van der Waals surface area contributed by atoms with Crippen molar-refractivity contribution in [2.75, 3.05) is 13.7 Å². The van der Waals surface area contributed by atoms with Gasteiger partial charge < -0.3 is 9.30 Å². The van der Waals surface area contributed by atoms with Crippen LogP contribution in [0.4, 0.5) is 0 Å². The van der Waals surface area contributed by atoms with Crippen molar-refractivity contribution in [3.8, 4) is 5.75 Å². The van der Waals surface area contributed by atoms with E-state index in [2.05, 4.69) is 4.99 Å². The number of ether oxygens (including phenoxy) is 1. The van der Waals surface area contributed by atoms with Crippen LogP contribution in [0.5, 0.6) is 5.75 Å². The number of piperidine rings is 1. The summed E-state index contributed by atoms with van der Waals surface area (Å²) in [4.78, 5) is 17.8. The first-order valence-corrected chi connectivity index (χ1v) is 12.4. The maximum absolute atomic E-state index is 13.0. The highest BCUT2D eigenvalue weighted by atomic mass is 32.2. The third kappa shape index (κ3) is 4.05. The van der Waals surface area contributed by atoms with E-state index < -0.39 is 15.9 Å². The molecule has 1 saturated heterocycles. The predicted octanol–water partition coefficient (Wildman–Crippen LogP) is 3.55. The van der Waals surface area contributed by atoms with E-state index in [4.69, 9.17) is 4.74 Å². The zero-order valence-corrected chi connectivity index (χ0v) is 19.4. The molecule has 9 heteroatoms. The van der Waals surface area contributed by atoms with Crippen molar-refractivity contribution in [1.82, 2.24) is 8.87 Å². The molecule has 1 unspecified atom stereocenters. The van der Waals surface area contributed by atoms with Crippen LogP contribution in [0.1, 0.15) is 36.5 Å². The molecule has 0 N–H and O–H groups in total. The quantitative estimate of drug-likeness (QED) is 0.598. The molecule has 0 bridgehead atoms. The minimum absolute atomic E-state index is 0.0139. The van der Waals surface area contributed by atoms with Gasteiger partial charge in [-0.25, -0.2) is 8.42 Å². The number of methoxy groups -OCH3 is 1. The molecule has 1 atom stereocenters. The second kappa shape index (κ2) is 8.57. The second-order valence-corrected chi connectivity index (χ2v) is 10.6. The lowest BCUT2D eigenvalue weighted by molar-refractivity contribution is 0.0998. The summed E-state index contributed by atoms with van der Waals surface area (Å²) in [5.74, 6) is 0.295. The predicted molar refractivity (Wildman–Crippen MR) is 121 cm³/mol. The number of sulfonamides is 1. The van der Waals surface area contributed by atoms with Crippen LogP contribution in [0.25, 0.3) is 10.2 Å². The van der Waals surface area contributed by atoms with Crippen molar-refractivity contribution < 1.29 is 17.9 Å². The Labute approximate surface area is 185 Å². The molecule has 7 nitrogen and oxygen atoms in total. The van der Waals surface area contributed by atoms with Crippen LogP contribution >= 0.6 is 11.3 Å². The van der Waals surface area contributed by atoms with E-state index in [1.54, 1.807) is 11.4 Å². The van der Waals surface area contributed by atoms with Crippen LogP contribution in [0, 0.1) is 0 Å². The molecule has 2 heterocycles. The minimum Gasteiger partial charge on any atom is -0.495 e. The van der Waals surface area contributed by atoms with Gasteiger partial charge in [0.1, 0.15) is 11.3 Å². The Balaban J connectivity index is 1.64. The fraction of sp³-hybridized carbons (Fsp3) is 0.364. The first kappa shape index (κ1) is 21.7. The first-order chi connectivity index (χ1) is 14.8. The van der Waals surface area contributed by atoms with Gasteiger partial charge in [0.15, 0.2) is 4.80 Å². The Hall–Kier alpha value is -2.49. The fourth-order valence-electron chi connectivity index (χ4n) is 3.93. The number of hydrogen-bond acceptors (Lipinski definition) is 5. The molecule has 0 aliphatic carbocycles. The molecule has 164 valence electrons. The lowest BCUT2D eigenvalue weighted by Gasteiger charge is -2.32. The SMILES string of the molecule is COc1cccc2sc(=NC(=O)c3ccc(S(=O)(=O)N4CCCCC4C)cc3)n(C)c12. The molecular weight excluding hydrogens is 434 g/mol. The third-order valence-corrected chi connectivity index (χ3v) is 8.78. The number of thiazole rings is 1. The van der Waals surface area contributed by atoms with E-state index in [1.807, 2.05) is 36.7 Å². The smallest absolute Gasteiger partial charge is 0.279 e. The second-order valence-electron chi connectivity index (χ2n) is 7.65. The maximum Gasteiger partial charge on any atom is 0.279 e. The van der Waals surface area contributed by atoms with Crippen molar-refractivity contribution in [3.05, 3.63) is 52.8 Å². The van der Waals surface area contributed by atoms with Crippen molar-refractivity contribution >= 4 is 37.5 Å². The van der Waals surface area contributed by atoms with E-state index in [1.165, 1.54) is 35.6 Å². The Kier molecular flexibility index (Phi) is 6.00. The highest BCUT2D eigenvalue weighted by Crippen LogP contribution is 2.27. The molecule has 2 aromatic carbocycles. The normalized spacial score (nSPS) is 18.4. The van der Waals surface area contributed by atoms with E-state index in [0.717, 1.165) is 29.5 Å². The van der Waals surface area contributed by atoms with Gasteiger partial charge >= 0.3 is 0 Å². The number of para-hydroxylation sites is 1. The molecule has 0 spiro atoms. The fourth-order valence-corrected chi connectivity index (χ4v) is 6.66. The highest BCUT2D eigenvalue weighted by Gasteiger charge is 2.30. The molecule has 1 fully saturated rings. The molecule has 1 aromatic heterocycles. The van der Waals surface area contributed by atoms with E-state index >= 15 is 0 Å². The zero-order valence-electron chi connectivity index (χ0n) is 17.7. The molecule has 1 aliphatic heterocycles. The van der Waals surface area contributed by atoms with Crippen molar-refractivity contribution in [2.24, 2.45) is 12.0 Å². The van der Waals surface area contributed by atoms with Gasteiger partial charge in [0.25, 0.3) is 5.91 Å². The summed E-state index contributed by atoms with van der Waals surface area (Å²) >= 11 is 1.40. The summed E-state index contributed by atoms with van der Waals surface area (Å²) in [6.07, 6.45) is 2.78. The zero-order chi connectivity index (χ0) is 22.2. The molecule has 3 aromatic rings. The molecule has 0 radical (unpaired) electrons. The van der Waals surface area contributed by atoms with Gasteiger partial charge in [0.05, 0.1) is 16.7 Å². The maximum atomic E-state index is 13.0. The summed E-state index contributed by atoms with van der Waals surface area (Å²) < 4.78 is 35.7. The Morgan fingerprint density at radius 1 is 1.16 bits per heavy atom. The molecule has 1 amide bonds. The van der Waals surface area contributed by atoms with E-state index in [-0.39, 0.29) is 10.9 Å². The average Bonchev–Trinajstić information content (AvgIpc) is 3.09. The summed E-state index contributed by atoms with van der Waals surface area (Å²) in [7, 11) is -0.127. The number of carbonyl (C=O) groups is 1. The number of amides is 1. The van der Waals surface area contributed by atoms with Crippen LogP contribution in [0.15, 0.2) is 52.4 Å². The minimum atomic E-state index is -3.57. The van der Waals surface area contributed by atoms with Gasteiger partial charge in [-0.3, -0.25) is 4.79 Å². The molecule has 31 heavy (non-hydrogen) atoms. The van der Waals surface area contributed by atoms with Gasteiger partial charge in [-0.05, 0) is 56.2 Å². The van der Waals surface area contributed by atoms with Crippen molar-refractivity contribution in [3.63, 3.8) is 0 Å². The Morgan fingerprint density at radius 3 is 2.58 bits per heavy atom. The Bertz CT molecular complexity index is 1290. The molecular formula is C22H25N3O4S2. The van der Waals surface area contributed by atoms with Gasteiger partial charge in [0.2, 0.25) is 10.0 Å². The lowest BCUT2D eigenvalue weighted by atomic mass is 10.1. The topological polar surface area (TPSA) is 81.0 Å². The Morgan fingerprint density at radius 2 is 1.90 bits per heavy atom. The van der Waals surface area contributed by atoms with Crippen molar-refractivity contribution in [2.45, 2.75) is 37.1 Å². The molecule has 1 aliphatic rings. The van der Waals surface area contributed by atoms with E-state index in [0.29, 0.717) is 22.7 Å². The number of rotatable bonds is 4. The number of carbonyl (C=O) groups excluding carboxylic acids is 1.